The molecular weight excluding hydrogens is 226 g/mol. The lowest BCUT2D eigenvalue weighted by Crippen LogP contribution is -2.03. The molecule has 1 saturated carbocycles. The van der Waals surface area contributed by atoms with Gasteiger partial charge in [-0.25, -0.2) is 0 Å². The van der Waals surface area contributed by atoms with Gasteiger partial charge in [0.05, 0.1) is 5.69 Å². The van der Waals surface area contributed by atoms with Crippen molar-refractivity contribution < 1.29 is 0 Å². The molecule has 1 aromatic carbocycles. The van der Waals surface area contributed by atoms with Crippen LogP contribution in [0.4, 0.5) is 5.69 Å². The summed E-state index contributed by atoms with van der Waals surface area (Å²) in [5.41, 5.74) is 2.86. The van der Waals surface area contributed by atoms with Gasteiger partial charge in [-0.15, -0.1) is 0 Å². The topological polar surface area (TPSA) is 12.0 Å². The molecule has 0 aromatic heterocycles. The molecule has 1 atom stereocenters. The fourth-order valence-corrected chi connectivity index (χ4v) is 2.80. The van der Waals surface area contributed by atoms with Crippen LogP contribution in [0.3, 0.4) is 0 Å². The van der Waals surface area contributed by atoms with Gasteiger partial charge in [0.2, 0.25) is 0 Å². The second-order valence-electron chi connectivity index (χ2n) is 4.03. The van der Waals surface area contributed by atoms with E-state index in [9.17, 15) is 0 Å². The Bertz CT molecular complexity index is 344. The largest absolute Gasteiger partial charge is 0.383 e. The van der Waals surface area contributed by atoms with E-state index in [4.69, 9.17) is 0 Å². The molecular formula is C11H12BrN. The highest BCUT2D eigenvalue weighted by atomic mass is 79.9. The number of hydrogen-bond acceptors (Lipinski definition) is 1. The Kier molecular flexibility index (Phi) is 1.66. The fraction of sp³-hybridized carbons (Fsp3) is 0.455. The summed E-state index contributed by atoms with van der Waals surface area (Å²) in [6.07, 6.45) is 2.86. The molecule has 0 spiro atoms. The highest BCUT2D eigenvalue weighted by Crippen LogP contribution is 2.48. The number of fused-ring (bicyclic) bond motifs is 1. The van der Waals surface area contributed by atoms with Gasteiger partial charge < -0.3 is 5.32 Å². The number of rotatable bonds is 1. The van der Waals surface area contributed by atoms with E-state index in [1.165, 1.54) is 28.6 Å². The first-order valence-electron chi connectivity index (χ1n) is 4.88. The van der Waals surface area contributed by atoms with Crippen molar-refractivity contribution >= 4 is 21.6 Å². The number of nitrogens with one attached hydrogen (secondary N) is 1. The Morgan fingerprint density at radius 2 is 2.15 bits per heavy atom. The zero-order chi connectivity index (χ0) is 8.84. The first-order valence-corrected chi connectivity index (χ1v) is 5.68. The monoisotopic (exact) mass is 237 g/mol. The van der Waals surface area contributed by atoms with Crippen LogP contribution < -0.4 is 5.32 Å². The normalized spacial score (nSPS) is 25.5. The van der Waals surface area contributed by atoms with Gasteiger partial charge in [-0.1, -0.05) is 12.1 Å². The molecule has 1 fully saturated rings. The lowest BCUT2D eigenvalue weighted by Gasteiger charge is -2.07. The molecule has 3 rings (SSSR count). The van der Waals surface area contributed by atoms with E-state index < -0.39 is 0 Å². The highest BCUT2D eigenvalue weighted by Gasteiger charge is 2.36. The number of halogens is 1. The predicted molar refractivity (Wildman–Crippen MR) is 58.1 cm³/mol. The molecule has 0 radical (unpaired) electrons. The van der Waals surface area contributed by atoms with Crippen molar-refractivity contribution in [3.63, 3.8) is 0 Å². The van der Waals surface area contributed by atoms with Crippen LogP contribution in [-0.4, -0.2) is 6.54 Å². The summed E-state index contributed by atoms with van der Waals surface area (Å²) < 4.78 is 1.22. The number of hydrogen-bond donors (Lipinski definition) is 1. The minimum atomic E-state index is 0.785. The molecule has 1 aromatic rings. The Morgan fingerprint density at radius 1 is 1.31 bits per heavy atom. The van der Waals surface area contributed by atoms with Crippen LogP contribution in [-0.2, 0) is 0 Å². The minimum absolute atomic E-state index is 0.785. The maximum absolute atomic E-state index is 3.58. The summed E-state index contributed by atoms with van der Waals surface area (Å²) in [5, 5.41) is 3.49. The number of anilines is 1. The van der Waals surface area contributed by atoms with E-state index in [-0.39, 0.29) is 0 Å². The number of benzene rings is 1. The average Bonchev–Trinajstić information content (AvgIpc) is 2.87. The molecule has 1 aliphatic heterocycles. The van der Waals surface area contributed by atoms with Crippen molar-refractivity contribution in [2.75, 3.05) is 11.9 Å². The molecule has 1 unspecified atom stereocenters. The van der Waals surface area contributed by atoms with E-state index in [1.807, 2.05) is 0 Å². The van der Waals surface area contributed by atoms with Gasteiger partial charge >= 0.3 is 0 Å². The smallest absolute Gasteiger partial charge is 0.0521 e. The van der Waals surface area contributed by atoms with E-state index in [0.717, 1.165) is 18.4 Å². The van der Waals surface area contributed by atoms with Gasteiger partial charge in [-0.05, 0) is 46.3 Å². The summed E-state index contributed by atoms with van der Waals surface area (Å²) in [7, 11) is 0. The zero-order valence-electron chi connectivity index (χ0n) is 7.39. The first-order chi connectivity index (χ1) is 6.36. The third-order valence-electron chi connectivity index (χ3n) is 3.14. The number of para-hydroxylation sites is 1. The van der Waals surface area contributed by atoms with Crippen LogP contribution in [0.2, 0.25) is 0 Å². The van der Waals surface area contributed by atoms with E-state index in [0.29, 0.717) is 0 Å². The summed E-state index contributed by atoms with van der Waals surface area (Å²) in [6.45, 7) is 1.14. The maximum Gasteiger partial charge on any atom is 0.0521 e. The lowest BCUT2D eigenvalue weighted by molar-refractivity contribution is 0.660. The molecule has 1 nitrogen and oxygen atoms in total. The Hall–Kier alpha value is -0.500. The minimum Gasteiger partial charge on any atom is -0.383 e. The van der Waals surface area contributed by atoms with Crippen LogP contribution in [0, 0.1) is 5.92 Å². The van der Waals surface area contributed by atoms with Gasteiger partial charge in [0, 0.05) is 16.9 Å². The van der Waals surface area contributed by atoms with Crippen molar-refractivity contribution in [2.45, 2.75) is 18.8 Å². The van der Waals surface area contributed by atoms with Gasteiger partial charge in [-0.2, -0.15) is 0 Å². The van der Waals surface area contributed by atoms with Crippen LogP contribution in [0.1, 0.15) is 24.3 Å². The molecule has 1 N–H and O–H groups in total. The van der Waals surface area contributed by atoms with Crippen molar-refractivity contribution in [1.29, 1.82) is 0 Å². The molecule has 2 heteroatoms. The molecule has 2 aliphatic rings. The van der Waals surface area contributed by atoms with E-state index in [1.54, 1.807) is 0 Å². The quantitative estimate of drug-likeness (QED) is 0.790. The van der Waals surface area contributed by atoms with Gasteiger partial charge in [-0.3, -0.25) is 0 Å². The van der Waals surface area contributed by atoms with Crippen LogP contribution in [0.15, 0.2) is 22.7 Å². The summed E-state index contributed by atoms with van der Waals surface area (Å²) in [4.78, 5) is 0. The highest BCUT2D eigenvalue weighted by molar-refractivity contribution is 9.10. The van der Waals surface area contributed by atoms with Crippen molar-refractivity contribution in [1.82, 2.24) is 0 Å². The second-order valence-corrected chi connectivity index (χ2v) is 4.88. The third kappa shape index (κ3) is 1.19. The summed E-state index contributed by atoms with van der Waals surface area (Å²) in [6, 6.07) is 6.52. The van der Waals surface area contributed by atoms with Gasteiger partial charge in [0.15, 0.2) is 0 Å². The summed E-state index contributed by atoms with van der Waals surface area (Å²) >= 11 is 3.58. The average molecular weight is 238 g/mol. The van der Waals surface area contributed by atoms with E-state index in [2.05, 4.69) is 39.4 Å². The molecule has 1 heterocycles. The van der Waals surface area contributed by atoms with Crippen molar-refractivity contribution in [3.8, 4) is 0 Å². The molecule has 13 heavy (non-hydrogen) atoms. The molecule has 0 saturated heterocycles. The van der Waals surface area contributed by atoms with E-state index >= 15 is 0 Å². The van der Waals surface area contributed by atoms with Crippen molar-refractivity contribution in [3.05, 3.63) is 28.2 Å². The zero-order valence-corrected chi connectivity index (χ0v) is 8.97. The molecule has 68 valence electrons. The SMILES string of the molecule is Brc1cccc2c1NCC2C1CC1. The third-order valence-corrected chi connectivity index (χ3v) is 3.80. The summed E-state index contributed by atoms with van der Waals surface area (Å²) in [5.74, 6) is 1.75. The van der Waals surface area contributed by atoms with Crippen LogP contribution in [0.25, 0.3) is 0 Å². The van der Waals surface area contributed by atoms with Gasteiger partial charge in [0.25, 0.3) is 0 Å². The van der Waals surface area contributed by atoms with Crippen LogP contribution >= 0.6 is 15.9 Å². The first kappa shape index (κ1) is 7.86. The predicted octanol–water partition coefficient (Wildman–Crippen LogP) is 3.37. The maximum atomic E-state index is 3.58. The Balaban J connectivity index is 2.05. The van der Waals surface area contributed by atoms with Gasteiger partial charge in [0.1, 0.15) is 0 Å². The second kappa shape index (κ2) is 2.74. The Morgan fingerprint density at radius 3 is 2.92 bits per heavy atom. The molecule has 0 amide bonds. The molecule has 1 aliphatic carbocycles. The fourth-order valence-electron chi connectivity index (χ4n) is 2.28. The standard InChI is InChI=1S/C11H12BrN/c12-10-3-1-2-8-9(7-4-5-7)6-13-11(8)10/h1-3,7,9,13H,4-6H2. The van der Waals surface area contributed by atoms with Crippen LogP contribution in [0.5, 0.6) is 0 Å². The lowest BCUT2D eigenvalue weighted by atomic mass is 9.97. The Labute approximate surface area is 86.7 Å². The van der Waals surface area contributed by atoms with Crippen molar-refractivity contribution in [2.24, 2.45) is 5.92 Å². The molecule has 0 bridgehead atoms.